The van der Waals surface area contributed by atoms with Crippen molar-refractivity contribution in [3.63, 3.8) is 0 Å². The number of carbonyl (C=O) groups excluding carboxylic acids is 1. The molecule has 1 amide bonds. The molecule has 0 heterocycles. The smallest absolute Gasteiger partial charge is 0.304 e. The number of anilines is 1. The first-order valence-electron chi connectivity index (χ1n) is 8.02. The van der Waals surface area contributed by atoms with Gasteiger partial charge in [0, 0.05) is 17.2 Å². The Morgan fingerprint density at radius 1 is 1.12 bits per heavy atom. The third-order valence-corrected chi connectivity index (χ3v) is 4.40. The normalized spacial score (nSPS) is 10.2. The average molecular weight is 375 g/mol. The minimum Gasteiger partial charge on any atom is -0.493 e. The fourth-order valence-electron chi connectivity index (χ4n) is 2.17. The number of ether oxygens (including phenoxy) is 2. The Bertz CT molecular complexity index is 750. The van der Waals surface area contributed by atoms with E-state index in [0.717, 1.165) is 5.56 Å². The largest absolute Gasteiger partial charge is 0.493 e. The van der Waals surface area contributed by atoms with E-state index in [1.807, 2.05) is 24.3 Å². The van der Waals surface area contributed by atoms with Crippen LogP contribution in [0.4, 0.5) is 5.69 Å². The van der Waals surface area contributed by atoms with Crippen molar-refractivity contribution in [1.82, 2.24) is 0 Å². The van der Waals surface area contributed by atoms with E-state index in [2.05, 4.69) is 5.32 Å². The summed E-state index contributed by atoms with van der Waals surface area (Å²) >= 11 is 1.54. The monoisotopic (exact) mass is 375 g/mol. The highest BCUT2D eigenvalue weighted by Crippen LogP contribution is 2.25. The predicted octanol–water partition coefficient (Wildman–Crippen LogP) is 3.42. The van der Waals surface area contributed by atoms with E-state index < -0.39 is 5.97 Å². The number of carboxylic acids is 1. The lowest BCUT2D eigenvalue weighted by Crippen LogP contribution is -2.20. The number of hydrogen-bond donors (Lipinski definition) is 2. The molecule has 138 valence electrons. The number of para-hydroxylation sites is 2. The number of hydrogen-bond acceptors (Lipinski definition) is 5. The van der Waals surface area contributed by atoms with Crippen molar-refractivity contribution < 1.29 is 24.2 Å². The summed E-state index contributed by atoms with van der Waals surface area (Å²) in [5.74, 6) is 1.25. The number of nitrogens with one attached hydrogen (secondary N) is 1. The van der Waals surface area contributed by atoms with Crippen molar-refractivity contribution in [3.05, 3.63) is 54.1 Å². The van der Waals surface area contributed by atoms with Crippen LogP contribution < -0.4 is 14.8 Å². The van der Waals surface area contributed by atoms with Crippen LogP contribution in [0.3, 0.4) is 0 Å². The third-order valence-electron chi connectivity index (χ3n) is 3.37. The second kappa shape index (κ2) is 10.4. The van der Waals surface area contributed by atoms with Gasteiger partial charge in [-0.05, 0) is 29.8 Å². The molecule has 2 rings (SSSR count). The minimum absolute atomic E-state index is 0.127. The van der Waals surface area contributed by atoms with Gasteiger partial charge >= 0.3 is 5.97 Å². The lowest BCUT2D eigenvalue weighted by Gasteiger charge is -2.11. The zero-order chi connectivity index (χ0) is 18.8. The second-order valence-electron chi connectivity index (χ2n) is 5.38. The quantitative estimate of drug-likeness (QED) is 0.619. The van der Waals surface area contributed by atoms with Gasteiger partial charge in [-0.3, -0.25) is 9.59 Å². The molecular weight excluding hydrogens is 354 g/mol. The molecule has 0 radical (unpaired) electrons. The average Bonchev–Trinajstić information content (AvgIpc) is 2.64. The third kappa shape index (κ3) is 6.68. The number of methoxy groups -OCH3 is 1. The van der Waals surface area contributed by atoms with Crippen LogP contribution in [0.25, 0.3) is 0 Å². The Morgan fingerprint density at radius 2 is 1.88 bits per heavy atom. The van der Waals surface area contributed by atoms with Gasteiger partial charge in [-0.15, -0.1) is 0 Å². The van der Waals surface area contributed by atoms with E-state index in [1.54, 1.807) is 43.1 Å². The molecule has 0 saturated heterocycles. The molecule has 0 aliphatic carbocycles. The molecule has 0 unspecified atom stereocenters. The summed E-state index contributed by atoms with van der Waals surface area (Å²) in [5.41, 5.74) is 1.69. The summed E-state index contributed by atoms with van der Waals surface area (Å²) < 4.78 is 10.7. The lowest BCUT2D eigenvalue weighted by molar-refractivity contribution is -0.136. The highest BCUT2D eigenvalue weighted by molar-refractivity contribution is 7.98. The maximum Gasteiger partial charge on any atom is 0.304 e. The molecule has 0 fully saturated rings. The van der Waals surface area contributed by atoms with Crippen molar-refractivity contribution in [1.29, 1.82) is 0 Å². The number of amides is 1. The van der Waals surface area contributed by atoms with Gasteiger partial charge in [0.1, 0.15) is 0 Å². The van der Waals surface area contributed by atoms with Gasteiger partial charge in [0.2, 0.25) is 0 Å². The Labute approximate surface area is 156 Å². The summed E-state index contributed by atoms with van der Waals surface area (Å²) in [6, 6.07) is 14.6. The Morgan fingerprint density at radius 3 is 2.62 bits per heavy atom. The van der Waals surface area contributed by atoms with Crippen molar-refractivity contribution in [2.75, 3.05) is 24.8 Å². The molecule has 0 spiro atoms. The van der Waals surface area contributed by atoms with E-state index >= 15 is 0 Å². The Balaban J connectivity index is 1.83. The highest BCUT2D eigenvalue weighted by Gasteiger charge is 2.08. The van der Waals surface area contributed by atoms with E-state index in [4.69, 9.17) is 14.6 Å². The fourth-order valence-corrected chi connectivity index (χ4v) is 3.05. The standard InChI is InChI=1S/C19H21NO5S/c1-24-16-7-2-3-8-17(16)25-12-18(21)20-15-6-4-5-14(11-15)13-26-10-9-19(22)23/h2-8,11H,9-10,12-13H2,1H3,(H,20,21)(H,22,23). The predicted molar refractivity (Wildman–Crippen MR) is 102 cm³/mol. The van der Waals surface area contributed by atoms with Crippen LogP contribution in [0.2, 0.25) is 0 Å². The second-order valence-corrected chi connectivity index (χ2v) is 6.49. The molecule has 0 aromatic heterocycles. The van der Waals surface area contributed by atoms with Crippen LogP contribution in [-0.4, -0.2) is 36.5 Å². The van der Waals surface area contributed by atoms with Gasteiger partial charge in [-0.25, -0.2) is 0 Å². The lowest BCUT2D eigenvalue weighted by atomic mass is 10.2. The van der Waals surface area contributed by atoms with Gasteiger partial charge in [0.15, 0.2) is 18.1 Å². The van der Waals surface area contributed by atoms with Gasteiger partial charge in [0.25, 0.3) is 5.91 Å². The van der Waals surface area contributed by atoms with Crippen LogP contribution in [0.15, 0.2) is 48.5 Å². The summed E-state index contributed by atoms with van der Waals surface area (Å²) in [4.78, 5) is 22.6. The number of rotatable bonds is 10. The number of carbonyl (C=O) groups is 2. The molecule has 0 aliphatic heterocycles. The molecule has 0 saturated carbocycles. The summed E-state index contributed by atoms with van der Waals surface area (Å²) in [6.07, 6.45) is 0.140. The molecule has 6 nitrogen and oxygen atoms in total. The first-order chi connectivity index (χ1) is 12.6. The molecule has 7 heteroatoms. The molecule has 2 aromatic rings. The van der Waals surface area contributed by atoms with E-state index in [-0.39, 0.29) is 18.9 Å². The molecule has 26 heavy (non-hydrogen) atoms. The SMILES string of the molecule is COc1ccccc1OCC(=O)Nc1cccc(CSCCC(=O)O)c1. The van der Waals surface area contributed by atoms with E-state index in [1.165, 1.54) is 0 Å². The molecular formula is C19H21NO5S. The summed E-state index contributed by atoms with van der Waals surface area (Å²) in [6.45, 7) is -0.127. The van der Waals surface area contributed by atoms with Crippen molar-refractivity contribution in [3.8, 4) is 11.5 Å². The van der Waals surface area contributed by atoms with Gasteiger partial charge < -0.3 is 19.9 Å². The van der Waals surface area contributed by atoms with Gasteiger partial charge in [-0.2, -0.15) is 11.8 Å². The van der Waals surface area contributed by atoms with Gasteiger partial charge in [-0.1, -0.05) is 24.3 Å². The number of thioether (sulfide) groups is 1. The zero-order valence-electron chi connectivity index (χ0n) is 14.4. The summed E-state index contributed by atoms with van der Waals surface area (Å²) in [7, 11) is 1.54. The van der Waals surface area contributed by atoms with Crippen molar-refractivity contribution in [2.45, 2.75) is 12.2 Å². The minimum atomic E-state index is -0.798. The first-order valence-corrected chi connectivity index (χ1v) is 9.18. The molecule has 2 aromatic carbocycles. The molecule has 0 atom stereocenters. The van der Waals surface area contributed by atoms with Crippen LogP contribution in [0.1, 0.15) is 12.0 Å². The van der Waals surface area contributed by atoms with Crippen molar-refractivity contribution in [2.24, 2.45) is 0 Å². The maximum atomic E-state index is 12.1. The number of benzene rings is 2. The van der Waals surface area contributed by atoms with Crippen LogP contribution >= 0.6 is 11.8 Å². The summed E-state index contributed by atoms with van der Waals surface area (Å²) in [5, 5.41) is 11.4. The topological polar surface area (TPSA) is 84.9 Å². The van der Waals surface area contributed by atoms with Crippen molar-refractivity contribution >= 4 is 29.3 Å². The molecule has 2 N–H and O–H groups in total. The highest BCUT2D eigenvalue weighted by atomic mass is 32.2. The van der Waals surface area contributed by atoms with Crippen LogP contribution in [0.5, 0.6) is 11.5 Å². The van der Waals surface area contributed by atoms with E-state index in [0.29, 0.717) is 28.7 Å². The first kappa shape index (κ1) is 19.7. The Hall–Kier alpha value is -2.67. The fraction of sp³-hybridized carbons (Fsp3) is 0.263. The van der Waals surface area contributed by atoms with Crippen LogP contribution in [-0.2, 0) is 15.3 Å². The van der Waals surface area contributed by atoms with Crippen LogP contribution in [0, 0.1) is 0 Å². The number of aliphatic carboxylic acids is 1. The van der Waals surface area contributed by atoms with E-state index in [9.17, 15) is 9.59 Å². The maximum absolute atomic E-state index is 12.1. The van der Waals surface area contributed by atoms with Gasteiger partial charge in [0.05, 0.1) is 13.5 Å². The molecule has 0 bridgehead atoms. The Kier molecular flexibility index (Phi) is 7.82. The zero-order valence-corrected chi connectivity index (χ0v) is 15.3. The number of carboxylic acid groups (broad SMARTS) is 1. The molecule has 0 aliphatic rings.